The number of hydrogen-bond donors (Lipinski definition) is 1. The zero-order chi connectivity index (χ0) is 28.1. The lowest BCUT2D eigenvalue weighted by molar-refractivity contribution is -0.145. The molecule has 0 aromatic heterocycles. The van der Waals surface area contributed by atoms with Crippen molar-refractivity contribution in [2.45, 2.75) is 37.4 Å². The molecule has 0 radical (unpaired) electrons. The topological polar surface area (TPSA) is 105 Å². The zero-order valence-electron chi connectivity index (χ0n) is 23.2. The van der Waals surface area contributed by atoms with Crippen LogP contribution < -0.4 is 26.4 Å². The maximum absolute atomic E-state index is 13.2. The third-order valence-electron chi connectivity index (χ3n) is 8.49. The number of carbonyl (C=O) groups excluding carboxylic acids is 4. The fraction of sp³-hybridized carbons (Fsp3) is 0.360. The molecule has 1 atom stereocenters. The van der Waals surface area contributed by atoms with Gasteiger partial charge >= 0.3 is 0 Å². The van der Waals surface area contributed by atoms with Crippen LogP contribution in [-0.2, 0) is 37.6 Å². The second-order valence-corrected chi connectivity index (χ2v) is 11.1. The Labute approximate surface area is 232 Å². The third-order valence-corrected chi connectivity index (χ3v) is 8.49. The Morgan fingerprint density at radius 1 is 1.10 bits per heavy atom. The molecule has 1 unspecified atom stereocenters. The number of morpholine rings is 1. The average Bonchev–Trinajstić information content (AvgIpc) is 3.23. The number of ether oxygens (including phenoxy) is 2. The number of hydrogen-bond acceptors (Lipinski definition) is 6. The molecule has 39 heavy (non-hydrogen) atoms. The lowest BCUT2D eigenvalue weighted by Crippen LogP contribution is -2.58. The molecule has 3 aliphatic rings. The first-order chi connectivity index (χ1) is 18.5. The Morgan fingerprint density at radius 3 is 2.59 bits per heavy atom. The first-order valence-electron chi connectivity index (χ1n) is 13.4. The predicted octanol–water partition coefficient (Wildman–Crippen LogP) is -5.96. The molecule has 0 bridgehead atoms. The van der Waals surface area contributed by atoms with E-state index in [1.165, 1.54) is 4.90 Å². The molecule has 1 N–H and O–H groups in total. The summed E-state index contributed by atoms with van der Waals surface area (Å²) in [5.74, 6) is -0.366. The van der Waals surface area contributed by atoms with Gasteiger partial charge in [0.25, 0.3) is 5.91 Å². The van der Waals surface area contributed by atoms with E-state index < -0.39 is 17.3 Å². The Kier molecular flexibility index (Phi) is 7.18. The minimum Gasteiger partial charge on any atom is -0.489 e. The molecule has 0 spiro atoms. The highest BCUT2D eigenvalue weighted by Crippen LogP contribution is 2.34. The highest BCUT2D eigenvalue weighted by Gasteiger charge is 2.40. The van der Waals surface area contributed by atoms with E-state index in [1.807, 2.05) is 11.0 Å². The number of amides is 4. The summed E-state index contributed by atoms with van der Waals surface area (Å²) < 4.78 is 11.7. The van der Waals surface area contributed by atoms with Gasteiger partial charge in [-0.15, -0.1) is 0 Å². The second kappa shape index (κ2) is 10.3. The van der Waals surface area contributed by atoms with Crippen molar-refractivity contribution in [2.75, 3.05) is 19.8 Å². The summed E-state index contributed by atoms with van der Waals surface area (Å²) in [5, 5.41) is 1.85. The van der Waals surface area contributed by atoms with Gasteiger partial charge < -0.3 is 19.3 Å². The van der Waals surface area contributed by atoms with Crippen molar-refractivity contribution in [1.82, 2.24) is 15.1 Å². The Hall–Kier alpha value is -3.40. The quantitative estimate of drug-likeness (QED) is 0.299. The van der Waals surface area contributed by atoms with Gasteiger partial charge in [-0.1, -0.05) is 28.5 Å². The number of benzene rings is 2. The molecule has 2 aromatic carbocycles. The van der Waals surface area contributed by atoms with Gasteiger partial charge in [0.2, 0.25) is 17.7 Å². The molecule has 14 heteroatoms. The van der Waals surface area contributed by atoms with E-state index in [9.17, 15) is 19.2 Å². The van der Waals surface area contributed by atoms with Crippen molar-refractivity contribution in [3.8, 4) is 5.75 Å². The molecule has 2 saturated heterocycles. The fourth-order valence-electron chi connectivity index (χ4n) is 6.09. The largest absolute Gasteiger partial charge is 0.489 e. The zero-order valence-corrected chi connectivity index (χ0v) is 23.2. The standard InChI is InChI=1S/C25H30B5N3O6/c26-16-8-15(25(29,30)33-6-7-38-11-20(33)35)22(28)21(27)14(16)10-39-18-3-1-2-12-13(18)9-32(24(12)37)17-4-5-19(34)31-23(17)36/h1-3,8,17H,4-7,9-11,26-30H2,(H,31,34,36). The highest BCUT2D eigenvalue weighted by molar-refractivity contribution is 6.54. The second-order valence-electron chi connectivity index (χ2n) is 11.1. The van der Waals surface area contributed by atoms with Gasteiger partial charge in [0.05, 0.1) is 13.2 Å². The van der Waals surface area contributed by atoms with Crippen molar-refractivity contribution in [3.63, 3.8) is 0 Å². The summed E-state index contributed by atoms with van der Waals surface area (Å²) in [5.41, 5.74) is 6.72. The lowest BCUT2D eigenvalue weighted by atomic mass is 9.52. The van der Waals surface area contributed by atoms with Crippen LogP contribution in [0, 0.1) is 0 Å². The summed E-state index contributed by atoms with van der Waals surface area (Å²) in [4.78, 5) is 53.2. The minimum atomic E-state index is -0.670. The van der Waals surface area contributed by atoms with Crippen LogP contribution in [0.4, 0.5) is 0 Å². The smallest absolute Gasteiger partial charge is 0.255 e. The number of fused-ring (bicyclic) bond motifs is 1. The van der Waals surface area contributed by atoms with E-state index in [-0.39, 0.29) is 37.3 Å². The summed E-state index contributed by atoms with van der Waals surface area (Å²) >= 11 is 0. The SMILES string of the molecule is Bc1cc(C(B)(B)N2CCOCC2=O)c(B)c(B)c1COc1cccc2c1CN(C1CCC(=O)NC1=O)C2=O. The molecule has 0 aliphatic carbocycles. The van der Waals surface area contributed by atoms with E-state index >= 15 is 0 Å². The van der Waals surface area contributed by atoms with Gasteiger partial charge in [0.1, 0.15) is 64.2 Å². The molecule has 0 saturated carbocycles. The number of piperidine rings is 1. The van der Waals surface area contributed by atoms with E-state index in [0.29, 0.717) is 37.5 Å². The van der Waals surface area contributed by atoms with Crippen LogP contribution in [0.3, 0.4) is 0 Å². The maximum atomic E-state index is 13.2. The summed E-state index contributed by atoms with van der Waals surface area (Å²) in [6.45, 7) is 1.77. The first kappa shape index (κ1) is 27.2. The Morgan fingerprint density at radius 2 is 1.87 bits per heavy atom. The average molecular weight is 523 g/mol. The van der Waals surface area contributed by atoms with E-state index in [0.717, 1.165) is 33.1 Å². The third kappa shape index (κ3) is 4.79. The van der Waals surface area contributed by atoms with Gasteiger partial charge in [-0.3, -0.25) is 24.5 Å². The minimum absolute atomic E-state index is 0.00722. The predicted molar refractivity (Wildman–Crippen MR) is 159 cm³/mol. The number of imide groups is 1. The van der Waals surface area contributed by atoms with Gasteiger partial charge in [-0.2, -0.15) is 0 Å². The summed E-state index contributed by atoms with van der Waals surface area (Å²) in [7, 11) is 10.4. The number of carbonyl (C=O) groups is 4. The molecule has 3 aliphatic heterocycles. The van der Waals surface area contributed by atoms with Crippen LogP contribution >= 0.6 is 0 Å². The number of nitrogens with one attached hydrogen (secondary N) is 1. The van der Waals surface area contributed by atoms with Crippen molar-refractivity contribution >= 4 is 79.2 Å². The van der Waals surface area contributed by atoms with Gasteiger partial charge in [-0.05, 0) is 29.7 Å². The normalized spacial score (nSPS) is 19.7. The van der Waals surface area contributed by atoms with Crippen LogP contribution in [0.1, 0.15) is 39.9 Å². The summed E-state index contributed by atoms with van der Waals surface area (Å²) in [6.07, 6.45) is 0.529. The lowest BCUT2D eigenvalue weighted by Gasteiger charge is -2.43. The van der Waals surface area contributed by atoms with Crippen LogP contribution in [0.5, 0.6) is 5.75 Å². The Bertz CT molecular complexity index is 1400. The molecule has 2 fully saturated rings. The maximum Gasteiger partial charge on any atom is 0.255 e. The molecular formula is C25H30B5N3O6. The monoisotopic (exact) mass is 523 g/mol. The van der Waals surface area contributed by atoms with E-state index in [1.54, 1.807) is 12.1 Å². The van der Waals surface area contributed by atoms with E-state index in [2.05, 4.69) is 50.6 Å². The van der Waals surface area contributed by atoms with Crippen LogP contribution in [0.2, 0.25) is 0 Å². The van der Waals surface area contributed by atoms with Crippen molar-refractivity contribution in [3.05, 3.63) is 46.5 Å². The molecule has 2 aromatic rings. The van der Waals surface area contributed by atoms with Crippen molar-refractivity contribution in [1.29, 1.82) is 0 Å². The molecule has 4 amide bonds. The van der Waals surface area contributed by atoms with Gasteiger partial charge in [0, 0.05) is 29.4 Å². The Balaban J connectivity index is 1.37. The number of rotatable bonds is 6. The molecule has 196 valence electrons. The van der Waals surface area contributed by atoms with Crippen LogP contribution in [0.15, 0.2) is 24.3 Å². The fourth-order valence-corrected chi connectivity index (χ4v) is 6.09. The van der Waals surface area contributed by atoms with Gasteiger partial charge in [-0.25, -0.2) is 0 Å². The van der Waals surface area contributed by atoms with Crippen molar-refractivity contribution < 1.29 is 28.7 Å². The van der Waals surface area contributed by atoms with Crippen molar-refractivity contribution in [2.24, 2.45) is 0 Å². The molecule has 9 nitrogen and oxygen atoms in total. The first-order valence-corrected chi connectivity index (χ1v) is 13.4. The number of nitrogens with zero attached hydrogens (tertiary/aromatic N) is 2. The summed E-state index contributed by atoms with van der Waals surface area (Å²) in [6, 6.07) is 6.86. The highest BCUT2D eigenvalue weighted by atomic mass is 16.5. The molecule has 3 heterocycles. The van der Waals surface area contributed by atoms with Gasteiger partial charge in [0.15, 0.2) is 0 Å². The molecule has 5 rings (SSSR count). The molecular weight excluding hydrogens is 492 g/mol. The van der Waals surface area contributed by atoms with E-state index in [4.69, 9.17) is 9.47 Å². The van der Waals surface area contributed by atoms with Crippen LogP contribution in [0.25, 0.3) is 0 Å². The van der Waals surface area contributed by atoms with Crippen LogP contribution in [-0.4, -0.2) is 98.5 Å².